The number of amides is 1. The van der Waals surface area contributed by atoms with Gasteiger partial charge in [-0.15, -0.1) is 0 Å². The van der Waals surface area contributed by atoms with Crippen molar-refractivity contribution >= 4 is 5.91 Å². The van der Waals surface area contributed by atoms with Crippen LogP contribution >= 0.6 is 0 Å². The molecular formula is C22H26N2O. The zero-order chi connectivity index (χ0) is 17.3. The summed E-state index contributed by atoms with van der Waals surface area (Å²) in [4.78, 5) is 17.5. The van der Waals surface area contributed by atoms with Gasteiger partial charge in [-0.3, -0.25) is 4.79 Å². The van der Waals surface area contributed by atoms with Gasteiger partial charge >= 0.3 is 0 Å². The van der Waals surface area contributed by atoms with E-state index in [1.54, 1.807) is 0 Å². The van der Waals surface area contributed by atoms with Crippen molar-refractivity contribution in [1.82, 2.24) is 9.80 Å². The lowest BCUT2D eigenvalue weighted by molar-refractivity contribution is 0.0526. The molecule has 0 aromatic heterocycles. The van der Waals surface area contributed by atoms with Gasteiger partial charge in [0.1, 0.15) is 0 Å². The van der Waals surface area contributed by atoms with Gasteiger partial charge < -0.3 is 9.80 Å². The molecule has 1 heterocycles. The van der Waals surface area contributed by atoms with E-state index in [-0.39, 0.29) is 11.4 Å². The summed E-state index contributed by atoms with van der Waals surface area (Å²) in [6, 6.07) is 18.8. The van der Waals surface area contributed by atoms with Gasteiger partial charge in [-0.05, 0) is 37.1 Å². The third-order valence-electron chi connectivity index (χ3n) is 5.85. The summed E-state index contributed by atoms with van der Waals surface area (Å²) in [7, 11) is 2.14. The Balaban J connectivity index is 1.49. The first-order chi connectivity index (χ1) is 12.2. The predicted octanol–water partition coefficient (Wildman–Crippen LogP) is 4.04. The number of hydrogen-bond acceptors (Lipinski definition) is 2. The van der Waals surface area contributed by atoms with E-state index in [2.05, 4.69) is 53.2 Å². The first-order valence-corrected chi connectivity index (χ1v) is 9.35. The number of rotatable bonds is 5. The molecule has 2 aliphatic rings. The molecule has 1 amide bonds. The number of fused-ring (bicyclic) bond motifs is 2. The number of carbonyl (C=O) groups excluding carboxylic acids is 1. The average molecular weight is 334 g/mol. The number of nitrogens with zero attached hydrogens (tertiary/aromatic N) is 2. The molecule has 2 aromatic rings. The van der Waals surface area contributed by atoms with Crippen molar-refractivity contribution in [3.63, 3.8) is 0 Å². The first kappa shape index (κ1) is 16.3. The minimum Gasteiger partial charge on any atom is -0.328 e. The molecule has 3 heteroatoms. The molecule has 0 radical (unpaired) electrons. The van der Waals surface area contributed by atoms with Gasteiger partial charge in [0, 0.05) is 25.2 Å². The topological polar surface area (TPSA) is 23.6 Å². The number of carbonyl (C=O) groups is 1. The molecule has 0 unspecified atom stereocenters. The maximum atomic E-state index is 13.0. The lowest BCUT2D eigenvalue weighted by atomic mass is 9.88. The molecule has 1 spiro atoms. The van der Waals surface area contributed by atoms with Crippen LogP contribution in [-0.4, -0.2) is 35.8 Å². The van der Waals surface area contributed by atoms with E-state index in [1.165, 1.54) is 24.0 Å². The molecule has 0 bridgehead atoms. The van der Waals surface area contributed by atoms with Gasteiger partial charge in [0.05, 0.1) is 5.54 Å². The second-order valence-electron chi connectivity index (χ2n) is 7.46. The van der Waals surface area contributed by atoms with Gasteiger partial charge in [0.2, 0.25) is 0 Å². The van der Waals surface area contributed by atoms with Gasteiger partial charge in [-0.25, -0.2) is 0 Å². The smallest absolute Gasteiger partial charge is 0.254 e. The molecule has 1 fully saturated rings. The van der Waals surface area contributed by atoms with Gasteiger partial charge in [0.25, 0.3) is 5.91 Å². The molecule has 1 saturated carbocycles. The Hall–Kier alpha value is -2.13. The van der Waals surface area contributed by atoms with E-state index in [9.17, 15) is 4.79 Å². The standard InChI is InChI=1S/C22H26N2O/c1-23(17-18-9-3-2-4-10-18)15-16-24-21(25)19-11-5-6-12-20(19)22(24)13-7-8-14-22/h2-6,9-12H,7-8,13-17H2,1H3. The Morgan fingerprint density at radius 2 is 1.68 bits per heavy atom. The van der Waals surface area contributed by atoms with Gasteiger partial charge in [0.15, 0.2) is 0 Å². The fourth-order valence-corrected chi connectivity index (χ4v) is 4.62. The molecule has 130 valence electrons. The first-order valence-electron chi connectivity index (χ1n) is 9.35. The summed E-state index contributed by atoms with van der Waals surface area (Å²) >= 11 is 0. The molecule has 1 aliphatic heterocycles. The molecule has 1 aliphatic carbocycles. The predicted molar refractivity (Wildman–Crippen MR) is 100 cm³/mol. The molecule has 2 aromatic carbocycles. The summed E-state index contributed by atoms with van der Waals surface area (Å²) in [5.74, 6) is 0.227. The normalized spacial score (nSPS) is 18.3. The zero-order valence-corrected chi connectivity index (χ0v) is 14.9. The van der Waals surface area contributed by atoms with E-state index >= 15 is 0 Å². The Morgan fingerprint density at radius 1 is 1.00 bits per heavy atom. The maximum absolute atomic E-state index is 13.0. The van der Waals surface area contributed by atoms with E-state index in [4.69, 9.17) is 0 Å². The van der Waals surface area contributed by atoms with Crippen LogP contribution in [-0.2, 0) is 12.1 Å². The SMILES string of the molecule is CN(CCN1C(=O)c2ccccc2C12CCCC2)Cc1ccccc1. The fraction of sp³-hybridized carbons (Fsp3) is 0.409. The third kappa shape index (κ3) is 2.87. The van der Waals surface area contributed by atoms with Crippen LogP contribution in [0.25, 0.3) is 0 Å². The van der Waals surface area contributed by atoms with E-state index in [0.29, 0.717) is 0 Å². The van der Waals surface area contributed by atoms with Crippen LogP contribution in [0.15, 0.2) is 54.6 Å². The van der Waals surface area contributed by atoms with Gasteiger partial charge in [-0.2, -0.15) is 0 Å². The van der Waals surface area contributed by atoms with Crippen LogP contribution in [0.5, 0.6) is 0 Å². The van der Waals surface area contributed by atoms with Crippen molar-refractivity contribution in [2.75, 3.05) is 20.1 Å². The van der Waals surface area contributed by atoms with E-state index < -0.39 is 0 Å². The minimum absolute atomic E-state index is 0.0404. The van der Waals surface area contributed by atoms with Crippen molar-refractivity contribution in [2.24, 2.45) is 0 Å². The zero-order valence-electron chi connectivity index (χ0n) is 14.9. The second-order valence-corrected chi connectivity index (χ2v) is 7.46. The van der Waals surface area contributed by atoms with E-state index in [1.807, 2.05) is 18.2 Å². The summed E-state index contributed by atoms with van der Waals surface area (Å²) in [5, 5.41) is 0. The lowest BCUT2D eigenvalue weighted by Gasteiger charge is -2.37. The Morgan fingerprint density at radius 3 is 2.44 bits per heavy atom. The van der Waals surface area contributed by atoms with Crippen molar-refractivity contribution in [3.05, 3.63) is 71.3 Å². The third-order valence-corrected chi connectivity index (χ3v) is 5.85. The van der Waals surface area contributed by atoms with Crippen LogP contribution < -0.4 is 0 Å². The maximum Gasteiger partial charge on any atom is 0.254 e. The molecule has 25 heavy (non-hydrogen) atoms. The summed E-state index contributed by atoms with van der Waals surface area (Å²) < 4.78 is 0. The van der Waals surface area contributed by atoms with E-state index in [0.717, 1.165) is 38.0 Å². The highest BCUT2D eigenvalue weighted by Crippen LogP contribution is 2.49. The summed E-state index contributed by atoms with van der Waals surface area (Å²) in [6.45, 7) is 2.62. The fourth-order valence-electron chi connectivity index (χ4n) is 4.62. The van der Waals surface area contributed by atoms with Crippen molar-refractivity contribution < 1.29 is 4.79 Å². The van der Waals surface area contributed by atoms with Crippen LogP contribution in [0.2, 0.25) is 0 Å². The number of likely N-dealkylation sites (N-methyl/N-ethyl adjacent to an activating group) is 1. The Labute approximate surface area is 150 Å². The highest BCUT2D eigenvalue weighted by molar-refractivity contribution is 6.00. The van der Waals surface area contributed by atoms with Crippen molar-refractivity contribution in [3.8, 4) is 0 Å². The Bertz CT molecular complexity index is 750. The van der Waals surface area contributed by atoms with Crippen LogP contribution in [0, 0.1) is 0 Å². The summed E-state index contributed by atoms with van der Waals surface area (Å²) in [5.41, 5.74) is 3.47. The molecule has 0 N–H and O–H groups in total. The highest BCUT2D eigenvalue weighted by atomic mass is 16.2. The largest absolute Gasteiger partial charge is 0.328 e. The molecule has 0 saturated heterocycles. The minimum atomic E-state index is -0.0404. The monoisotopic (exact) mass is 334 g/mol. The lowest BCUT2D eigenvalue weighted by Crippen LogP contribution is -2.45. The number of benzene rings is 2. The highest BCUT2D eigenvalue weighted by Gasteiger charge is 2.50. The molecule has 4 rings (SSSR count). The van der Waals surface area contributed by atoms with Crippen molar-refractivity contribution in [1.29, 1.82) is 0 Å². The van der Waals surface area contributed by atoms with Crippen LogP contribution in [0.3, 0.4) is 0 Å². The second kappa shape index (κ2) is 6.64. The summed E-state index contributed by atoms with van der Waals surface area (Å²) in [6.07, 6.45) is 4.66. The molecule has 3 nitrogen and oxygen atoms in total. The van der Waals surface area contributed by atoms with Crippen LogP contribution in [0.4, 0.5) is 0 Å². The average Bonchev–Trinajstić information content (AvgIpc) is 3.21. The van der Waals surface area contributed by atoms with Gasteiger partial charge in [-0.1, -0.05) is 61.4 Å². The quantitative estimate of drug-likeness (QED) is 0.824. The molecule has 0 atom stereocenters. The molecular weight excluding hydrogens is 308 g/mol. The van der Waals surface area contributed by atoms with Crippen LogP contribution in [0.1, 0.15) is 47.2 Å². The number of hydrogen-bond donors (Lipinski definition) is 0. The Kier molecular flexibility index (Phi) is 4.34. The van der Waals surface area contributed by atoms with Crippen molar-refractivity contribution in [2.45, 2.75) is 37.8 Å².